The van der Waals surface area contributed by atoms with Gasteiger partial charge in [0.25, 0.3) is 20.4 Å². The highest BCUT2D eigenvalue weighted by molar-refractivity contribution is 7.87. The molecule has 0 spiro atoms. The Labute approximate surface area is 165 Å². The lowest BCUT2D eigenvalue weighted by atomic mass is 10.3. The van der Waals surface area contributed by atoms with Gasteiger partial charge in [0.15, 0.2) is 24.9 Å². The van der Waals surface area contributed by atoms with Crippen molar-refractivity contribution in [2.24, 2.45) is 0 Å². The van der Waals surface area contributed by atoms with Crippen molar-refractivity contribution in [1.82, 2.24) is 17.2 Å². The quantitative estimate of drug-likeness (QED) is 0.535. The van der Waals surface area contributed by atoms with Crippen LogP contribution in [0.5, 0.6) is 0 Å². The zero-order valence-electron chi connectivity index (χ0n) is 16.2. The maximum atomic E-state index is 12.7. The fourth-order valence-electron chi connectivity index (χ4n) is 4.15. The van der Waals surface area contributed by atoms with Crippen molar-refractivity contribution >= 4 is 20.4 Å². The first-order valence-corrected chi connectivity index (χ1v) is 12.2. The van der Waals surface area contributed by atoms with Crippen LogP contribution in [-0.4, -0.2) is 97.7 Å². The van der Waals surface area contributed by atoms with Crippen LogP contribution < -0.4 is 0 Å². The molecule has 28 heavy (non-hydrogen) atoms. The Hall–Kier alpha value is -0.420. The third-order valence-corrected chi connectivity index (χ3v) is 9.61. The Bertz CT molecular complexity index is 703. The summed E-state index contributed by atoms with van der Waals surface area (Å²) in [7, 11) is -7.47. The zero-order chi connectivity index (χ0) is 20.4. The van der Waals surface area contributed by atoms with Crippen LogP contribution >= 0.6 is 0 Å². The van der Waals surface area contributed by atoms with Crippen molar-refractivity contribution in [2.75, 3.05) is 26.2 Å². The van der Waals surface area contributed by atoms with Gasteiger partial charge in [0.1, 0.15) is 0 Å². The molecule has 4 saturated heterocycles. The summed E-state index contributed by atoms with van der Waals surface area (Å²) >= 11 is 0. The molecule has 0 N–H and O–H groups in total. The largest absolute Gasteiger partial charge is 0.324 e. The van der Waals surface area contributed by atoms with Crippen LogP contribution in [0.3, 0.4) is 0 Å². The van der Waals surface area contributed by atoms with Gasteiger partial charge in [-0.3, -0.25) is 0 Å². The van der Waals surface area contributed by atoms with Gasteiger partial charge < -0.3 is 18.9 Å². The van der Waals surface area contributed by atoms with Gasteiger partial charge in [-0.25, -0.2) is 0 Å². The molecule has 6 atom stereocenters. The van der Waals surface area contributed by atoms with Gasteiger partial charge in [-0.2, -0.15) is 34.1 Å². The van der Waals surface area contributed by atoms with Gasteiger partial charge >= 0.3 is 0 Å². The molecule has 4 fully saturated rings. The maximum Gasteiger partial charge on any atom is 0.286 e. The van der Waals surface area contributed by atoms with Crippen LogP contribution in [-0.2, 0) is 39.4 Å². The van der Waals surface area contributed by atoms with E-state index in [-0.39, 0.29) is 26.2 Å². The highest BCUT2D eigenvalue weighted by atomic mass is 32.2. The molecule has 2 unspecified atom stereocenters. The predicted molar refractivity (Wildman–Crippen MR) is 94.4 cm³/mol. The Morgan fingerprint density at radius 2 is 0.750 bits per heavy atom. The number of rotatable bonds is 4. The standard InChI is InChI=1S/C14H26N4O8S2/c1-5-15-9-10(16(6-2)27(15,19)20)24-14-13(23-9)25-11-12(26-14)18(8-4)28(21,22)17(11)7-3/h9-14H,5-8H2,1-4H3/t9-,10-,11-,12+,13?,14?/m1/s1. The molecule has 4 rings (SSSR count). The van der Waals surface area contributed by atoms with Crippen molar-refractivity contribution in [3.8, 4) is 0 Å². The smallest absolute Gasteiger partial charge is 0.286 e. The average molecular weight is 443 g/mol. The number of hydrogen-bond donors (Lipinski definition) is 0. The summed E-state index contributed by atoms with van der Waals surface area (Å²) in [5.41, 5.74) is 0. The minimum Gasteiger partial charge on any atom is -0.324 e. The van der Waals surface area contributed by atoms with E-state index in [1.165, 1.54) is 17.2 Å². The number of hydrogen-bond acceptors (Lipinski definition) is 8. The number of nitrogens with zero attached hydrogens (tertiary/aromatic N) is 4. The van der Waals surface area contributed by atoms with Crippen LogP contribution in [0, 0.1) is 0 Å². The molecule has 0 radical (unpaired) electrons. The minimum absolute atomic E-state index is 0.201. The topological polar surface area (TPSA) is 118 Å². The molecule has 14 heteroatoms. The maximum absolute atomic E-state index is 12.7. The van der Waals surface area contributed by atoms with E-state index in [1.807, 2.05) is 0 Å². The van der Waals surface area contributed by atoms with E-state index in [1.54, 1.807) is 27.7 Å². The van der Waals surface area contributed by atoms with E-state index in [9.17, 15) is 16.8 Å². The van der Waals surface area contributed by atoms with Gasteiger partial charge in [-0.05, 0) is 0 Å². The Balaban J connectivity index is 1.64. The third kappa shape index (κ3) is 2.71. The van der Waals surface area contributed by atoms with E-state index in [4.69, 9.17) is 18.9 Å². The van der Waals surface area contributed by atoms with Crippen molar-refractivity contribution in [1.29, 1.82) is 0 Å². The summed E-state index contributed by atoms with van der Waals surface area (Å²) in [6.45, 7) is 7.63. The molecule has 0 aliphatic carbocycles. The molecular formula is C14H26N4O8S2. The van der Waals surface area contributed by atoms with Gasteiger partial charge in [0.2, 0.25) is 12.6 Å². The molecule has 0 amide bonds. The Morgan fingerprint density at radius 3 is 0.929 bits per heavy atom. The molecule has 0 aromatic rings. The van der Waals surface area contributed by atoms with Crippen molar-refractivity contribution < 1.29 is 35.8 Å². The Kier molecular flexibility index (Phi) is 5.27. The van der Waals surface area contributed by atoms with E-state index < -0.39 is 57.9 Å². The average Bonchev–Trinajstić information content (AvgIpc) is 2.97. The first-order chi connectivity index (χ1) is 13.2. The third-order valence-electron chi connectivity index (χ3n) is 5.37. The molecule has 0 aromatic heterocycles. The molecule has 0 aromatic carbocycles. The molecule has 4 aliphatic rings. The Morgan fingerprint density at radius 1 is 0.536 bits per heavy atom. The van der Waals surface area contributed by atoms with E-state index in [0.717, 1.165) is 0 Å². The summed E-state index contributed by atoms with van der Waals surface area (Å²) in [4.78, 5) is 0. The molecule has 12 nitrogen and oxygen atoms in total. The fourth-order valence-corrected chi connectivity index (χ4v) is 7.66. The van der Waals surface area contributed by atoms with E-state index in [0.29, 0.717) is 0 Å². The summed E-state index contributed by atoms with van der Waals surface area (Å²) in [6, 6.07) is 0. The van der Waals surface area contributed by atoms with Crippen LogP contribution in [0.4, 0.5) is 0 Å². The van der Waals surface area contributed by atoms with Crippen molar-refractivity contribution in [3.63, 3.8) is 0 Å². The lowest BCUT2D eigenvalue weighted by molar-refractivity contribution is -0.439. The summed E-state index contributed by atoms with van der Waals surface area (Å²) in [6.07, 6.45) is -5.69. The van der Waals surface area contributed by atoms with Crippen LogP contribution in [0.15, 0.2) is 0 Å². The lowest BCUT2D eigenvalue weighted by Gasteiger charge is -2.45. The van der Waals surface area contributed by atoms with Crippen LogP contribution in [0.1, 0.15) is 27.7 Å². The molecule has 162 valence electrons. The van der Waals surface area contributed by atoms with Crippen LogP contribution in [0.2, 0.25) is 0 Å². The van der Waals surface area contributed by atoms with Crippen molar-refractivity contribution in [3.05, 3.63) is 0 Å². The second-order valence-corrected chi connectivity index (χ2v) is 10.3. The number of likely N-dealkylation sites (N-methyl/N-ethyl adjacent to an activating group) is 4. The number of ether oxygens (including phenoxy) is 4. The second kappa shape index (κ2) is 7.08. The second-order valence-electron chi connectivity index (χ2n) is 6.67. The number of fused-ring (bicyclic) bond motifs is 3. The van der Waals surface area contributed by atoms with Gasteiger partial charge in [0.05, 0.1) is 0 Å². The zero-order valence-corrected chi connectivity index (χ0v) is 17.8. The highest BCUT2D eigenvalue weighted by Gasteiger charge is 2.63. The predicted octanol–water partition coefficient (Wildman–Crippen LogP) is -1.16. The summed E-state index contributed by atoms with van der Waals surface area (Å²) in [5.74, 6) is 0. The molecule has 0 saturated carbocycles. The summed E-state index contributed by atoms with van der Waals surface area (Å²) in [5, 5.41) is 0. The summed E-state index contributed by atoms with van der Waals surface area (Å²) < 4.78 is 79.4. The first kappa shape index (κ1) is 20.8. The molecule has 4 aliphatic heterocycles. The SMILES string of the molecule is CCN1[C@@H]2OC3O[C@@H]4[C@H](OC3O[C@H]2N(CC)S1(=O)=O)N(CC)S(=O)(=O)N4CC. The van der Waals surface area contributed by atoms with E-state index in [2.05, 4.69) is 0 Å². The highest BCUT2D eigenvalue weighted by Crippen LogP contribution is 2.42. The first-order valence-electron chi connectivity index (χ1n) is 9.41. The van der Waals surface area contributed by atoms with Gasteiger partial charge in [0, 0.05) is 26.2 Å². The molecular weight excluding hydrogens is 416 g/mol. The van der Waals surface area contributed by atoms with E-state index >= 15 is 0 Å². The monoisotopic (exact) mass is 442 g/mol. The van der Waals surface area contributed by atoms with Gasteiger partial charge in [-0.15, -0.1) is 0 Å². The van der Waals surface area contributed by atoms with Gasteiger partial charge in [-0.1, -0.05) is 27.7 Å². The fraction of sp³-hybridized carbons (Fsp3) is 1.00. The minimum atomic E-state index is -3.73. The normalized spacial score (nSPS) is 43.6. The van der Waals surface area contributed by atoms with Crippen LogP contribution in [0.25, 0.3) is 0 Å². The molecule has 4 heterocycles. The lowest BCUT2D eigenvalue weighted by Crippen LogP contribution is -2.62. The molecule has 0 bridgehead atoms. The van der Waals surface area contributed by atoms with Crippen molar-refractivity contribution in [2.45, 2.75) is 65.2 Å².